The van der Waals surface area contributed by atoms with Crippen LogP contribution in [0.1, 0.15) is 44.1 Å². The number of aromatic nitrogens is 4. The molecule has 2 saturated carbocycles. The molecule has 3 fully saturated rings. The maximum absolute atomic E-state index is 5.14. The normalized spacial score (nSPS) is 20.1. The third-order valence-corrected chi connectivity index (χ3v) is 6.77. The first kappa shape index (κ1) is 18.9. The summed E-state index contributed by atoms with van der Waals surface area (Å²) >= 11 is 0. The number of anilines is 2. The minimum atomic E-state index is 0.446. The lowest BCUT2D eigenvalue weighted by atomic mass is 10.1. The van der Waals surface area contributed by atoms with Crippen molar-refractivity contribution in [3.63, 3.8) is 0 Å². The van der Waals surface area contributed by atoms with Gasteiger partial charge in [-0.15, -0.1) is 0 Å². The smallest absolute Gasteiger partial charge is 0.162 e. The van der Waals surface area contributed by atoms with Gasteiger partial charge in [0, 0.05) is 55.6 Å². The molecule has 3 aromatic rings. The lowest BCUT2D eigenvalue weighted by molar-refractivity contribution is 0.586. The van der Waals surface area contributed by atoms with Crippen LogP contribution in [0.5, 0.6) is 0 Å². The summed E-state index contributed by atoms with van der Waals surface area (Å²) in [6.45, 7) is 6.12. The largest absolute Gasteiger partial charge is 0.367 e. The molecule has 3 aliphatic rings. The molecule has 0 radical (unpaired) electrons. The molecule has 6 rings (SSSR count). The summed E-state index contributed by atoms with van der Waals surface area (Å²) in [4.78, 5) is 21.6. The highest BCUT2D eigenvalue weighted by Crippen LogP contribution is 2.44. The molecule has 0 spiro atoms. The Bertz CT molecular complexity index is 1100. The van der Waals surface area contributed by atoms with Gasteiger partial charge in [0.1, 0.15) is 11.6 Å². The molecule has 4 heterocycles. The van der Waals surface area contributed by atoms with Gasteiger partial charge in [0.2, 0.25) is 0 Å². The highest BCUT2D eigenvalue weighted by molar-refractivity contribution is 5.94. The van der Waals surface area contributed by atoms with Crippen molar-refractivity contribution in [1.82, 2.24) is 25.3 Å². The molecule has 160 valence electrons. The van der Waals surface area contributed by atoms with Gasteiger partial charge in [-0.25, -0.2) is 15.0 Å². The minimum Gasteiger partial charge on any atom is -0.367 e. The molecule has 3 aromatic heterocycles. The van der Waals surface area contributed by atoms with Crippen molar-refractivity contribution < 1.29 is 0 Å². The Kier molecular flexibility index (Phi) is 4.71. The average molecular weight is 416 g/mol. The van der Waals surface area contributed by atoms with Crippen LogP contribution < -0.4 is 15.5 Å². The number of nitrogens with zero attached hydrogens (tertiary/aromatic N) is 5. The van der Waals surface area contributed by atoms with Crippen LogP contribution in [0.4, 0.5) is 11.6 Å². The predicted octanol–water partition coefficient (Wildman–Crippen LogP) is 3.58. The van der Waals surface area contributed by atoms with Gasteiger partial charge >= 0.3 is 0 Å². The van der Waals surface area contributed by atoms with Gasteiger partial charge in [0.05, 0.1) is 11.7 Å². The second-order valence-corrected chi connectivity index (χ2v) is 9.21. The van der Waals surface area contributed by atoms with Crippen molar-refractivity contribution in [3.05, 3.63) is 36.3 Å². The van der Waals surface area contributed by atoms with E-state index in [1.165, 1.54) is 36.6 Å². The Balaban J connectivity index is 1.43. The molecule has 0 bridgehead atoms. The van der Waals surface area contributed by atoms with Crippen molar-refractivity contribution in [1.29, 1.82) is 0 Å². The van der Waals surface area contributed by atoms with Crippen LogP contribution in [0, 0.1) is 5.92 Å². The first-order valence-electron chi connectivity index (χ1n) is 11.6. The molecular formula is C24H29N7. The molecule has 1 atom stereocenters. The summed E-state index contributed by atoms with van der Waals surface area (Å²) in [5.41, 5.74) is 3.25. The van der Waals surface area contributed by atoms with Crippen LogP contribution in [0.25, 0.3) is 22.3 Å². The molecule has 7 nitrogen and oxygen atoms in total. The number of fused-ring (bicyclic) bond motifs is 1. The fourth-order valence-electron chi connectivity index (χ4n) is 4.62. The van der Waals surface area contributed by atoms with Crippen molar-refractivity contribution in [2.24, 2.45) is 5.92 Å². The number of piperazine rings is 1. The van der Waals surface area contributed by atoms with Crippen LogP contribution in [-0.4, -0.2) is 52.2 Å². The summed E-state index contributed by atoms with van der Waals surface area (Å²) in [6.07, 6.45) is 10.9. The van der Waals surface area contributed by atoms with E-state index in [9.17, 15) is 0 Å². The van der Waals surface area contributed by atoms with Crippen molar-refractivity contribution in [2.45, 2.75) is 44.6 Å². The Morgan fingerprint density at radius 2 is 1.94 bits per heavy atom. The molecule has 7 heteroatoms. The third-order valence-electron chi connectivity index (χ3n) is 6.77. The van der Waals surface area contributed by atoms with Crippen LogP contribution in [0.15, 0.2) is 30.7 Å². The number of hydrogen-bond acceptors (Lipinski definition) is 7. The molecule has 2 aliphatic carbocycles. The van der Waals surface area contributed by atoms with Gasteiger partial charge in [0.15, 0.2) is 5.82 Å². The summed E-state index contributed by atoms with van der Waals surface area (Å²) in [6, 6.07) is 4.54. The Labute approximate surface area is 182 Å². The van der Waals surface area contributed by atoms with Crippen molar-refractivity contribution in [3.8, 4) is 11.4 Å². The van der Waals surface area contributed by atoms with Crippen molar-refractivity contribution >= 4 is 22.5 Å². The third kappa shape index (κ3) is 3.82. The Morgan fingerprint density at radius 3 is 2.71 bits per heavy atom. The molecule has 0 amide bonds. The second-order valence-electron chi connectivity index (χ2n) is 9.21. The van der Waals surface area contributed by atoms with Crippen molar-refractivity contribution in [2.75, 3.05) is 36.4 Å². The number of pyridine rings is 2. The number of rotatable bonds is 6. The average Bonchev–Trinajstić information content (AvgIpc) is 3.72. The predicted molar refractivity (Wildman–Crippen MR) is 123 cm³/mol. The minimum absolute atomic E-state index is 0.446. The topological polar surface area (TPSA) is 78.9 Å². The molecule has 0 aromatic carbocycles. The maximum atomic E-state index is 5.14. The molecular weight excluding hydrogens is 386 g/mol. The zero-order chi connectivity index (χ0) is 20.8. The highest BCUT2D eigenvalue weighted by Gasteiger charge is 2.30. The lowest BCUT2D eigenvalue weighted by Gasteiger charge is -2.30. The van der Waals surface area contributed by atoms with E-state index in [0.29, 0.717) is 12.0 Å². The summed E-state index contributed by atoms with van der Waals surface area (Å²) < 4.78 is 0. The van der Waals surface area contributed by atoms with E-state index in [1.54, 1.807) is 0 Å². The zero-order valence-corrected chi connectivity index (χ0v) is 18.0. The SMILES string of the molecule is C[C@@H](Nc1cc(-c2nc(N3CCNCC3)c3c(C4CC4)cncc3n2)ccn1)C1CC1. The van der Waals surface area contributed by atoms with E-state index in [4.69, 9.17) is 9.97 Å². The number of hydrogen-bond donors (Lipinski definition) is 2. The van der Waals surface area contributed by atoms with Crippen LogP contribution in [-0.2, 0) is 0 Å². The molecule has 2 N–H and O–H groups in total. The first-order chi connectivity index (χ1) is 15.3. The summed E-state index contributed by atoms with van der Waals surface area (Å²) in [5.74, 6) is 4.08. The molecule has 31 heavy (non-hydrogen) atoms. The standard InChI is InChI=1S/C24H29N7/c1-15(16-2-3-16)28-21-12-18(6-7-27-21)23-29-20-14-26-13-19(17-4-5-17)22(20)24(30-23)31-10-8-25-9-11-31/h6-7,12-17,25H,2-5,8-11H2,1H3,(H,27,28)/t15-/m1/s1. The fraction of sp³-hybridized carbons (Fsp3) is 0.500. The van der Waals surface area contributed by atoms with E-state index >= 15 is 0 Å². The molecule has 1 saturated heterocycles. The maximum Gasteiger partial charge on any atom is 0.162 e. The van der Waals surface area contributed by atoms with E-state index < -0.39 is 0 Å². The summed E-state index contributed by atoms with van der Waals surface area (Å²) in [5, 5.41) is 8.21. The molecule has 0 unspecified atom stereocenters. The van der Waals surface area contributed by atoms with E-state index in [1.807, 2.05) is 24.7 Å². The van der Waals surface area contributed by atoms with E-state index in [2.05, 4.69) is 38.5 Å². The van der Waals surface area contributed by atoms with Crippen LogP contribution >= 0.6 is 0 Å². The Morgan fingerprint density at radius 1 is 1.10 bits per heavy atom. The first-order valence-corrected chi connectivity index (χ1v) is 11.6. The quantitative estimate of drug-likeness (QED) is 0.637. The van der Waals surface area contributed by atoms with Gasteiger partial charge in [-0.05, 0) is 62.1 Å². The highest BCUT2D eigenvalue weighted by atomic mass is 15.2. The van der Waals surface area contributed by atoms with E-state index in [-0.39, 0.29) is 0 Å². The summed E-state index contributed by atoms with van der Waals surface area (Å²) in [7, 11) is 0. The fourth-order valence-corrected chi connectivity index (χ4v) is 4.62. The van der Waals surface area contributed by atoms with E-state index in [0.717, 1.165) is 60.6 Å². The van der Waals surface area contributed by atoms with Gasteiger partial charge in [-0.1, -0.05) is 0 Å². The lowest BCUT2D eigenvalue weighted by Crippen LogP contribution is -2.44. The number of nitrogens with one attached hydrogen (secondary N) is 2. The van der Waals surface area contributed by atoms with Crippen LogP contribution in [0.3, 0.4) is 0 Å². The molecule has 1 aliphatic heterocycles. The monoisotopic (exact) mass is 415 g/mol. The zero-order valence-electron chi connectivity index (χ0n) is 18.0. The van der Waals surface area contributed by atoms with Gasteiger partial charge < -0.3 is 15.5 Å². The van der Waals surface area contributed by atoms with Gasteiger partial charge in [0.25, 0.3) is 0 Å². The van der Waals surface area contributed by atoms with Gasteiger partial charge in [-0.3, -0.25) is 4.98 Å². The second kappa shape index (κ2) is 7.71. The van der Waals surface area contributed by atoms with Crippen LogP contribution in [0.2, 0.25) is 0 Å². The Hall–Kier alpha value is -2.80. The van der Waals surface area contributed by atoms with Gasteiger partial charge in [-0.2, -0.15) is 0 Å².